The van der Waals surface area contributed by atoms with Crippen LogP contribution in [0.2, 0.25) is 0 Å². The van der Waals surface area contributed by atoms with Crippen LogP contribution >= 0.6 is 0 Å². The lowest BCUT2D eigenvalue weighted by atomic mass is 10.1. The fraction of sp³-hybridized carbons (Fsp3) is 0.200. The van der Waals surface area contributed by atoms with Crippen molar-refractivity contribution in [2.75, 3.05) is 36.3 Å². The van der Waals surface area contributed by atoms with E-state index in [1.807, 2.05) is 0 Å². The molecule has 0 radical (unpaired) electrons. The molecule has 0 aliphatic heterocycles. The Labute approximate surface area is 128 Å². The Morgan fingerprint density at radius 1 is 0.909 bits per heavy atom. The van der Waals surface area contributed by atoms with Crippen molar-refractivity contribution in [1.82, 2.24) is 0 Å². The van der Waals surface area contributed by atoms with E-state index in [-0.39, 0.29) is 13.4 Å². The van der Waals surface area contributed by atoms with Crippen molar-refractivity contribution in [3.63, 3.8) is 0 Å². The molecule has 2 aromatic rings. The van der Waals surface area contributed by atoms with Gasteiger partial charge in [0.05, 0.1) is 12.3 Å². The molecule has 0 heterocycles. The molecule has 22 heavy (non-hydrogen) atoms. The number of aliphatic hydroxyl groups is 1. The van der Waals surface area contributed by atoms with Gasteiger partial charge in [-0.15, -0.1) is 0 Å². The second-order valence-electron chi connectivity index (χ2n) is 4.83. The Hall–Kier alpha value is -2.64. The van der Waals surface area contributed by atoms with Crippen LogP contribution in [0, 0.1) is 0 Å². The summed E-state index contributed by atoms with van der Waals surface area (Å²) in [4.78, 5) is 0. The van der Waals surface area contributed by atoms with Crippen molar-refractivity contribution in [3.8, 4) is 5.75 Å². The highest BCUT2D eigenvalue weighted by Gasteiger charge is 2.11. The normalized spacial score (nSPS) is 12.0. The zero-order valence-electron chi connectivity index (χ0n) is 12.0. The Morgan fingerprint density at radius 3 is 2.18 bits per heavy atom. The molecule has 2 rings (SSSR count). The van der Waals surface area contributed by atoms with E-state index in [0.717, 1.165) is 0 Å². The van der Waals surface area contributed by atoms with Gasteiger partial charge in [0.2, 0.25) is 0 Å². The van der Waals surface area contributed by atoms with Crippen LogP contribution in [0.15, 0.2) is 36.4 Å². The maximum Gasteiger partial charge on any atom is 0.189 e. The molecule has 0 aromatic heterocycles. The maximum atomic E-state index is 10.0. The monoisotopic (exact) mass is 304 g/mol. The molecule has 7 nitrogen and oxygen atoms in total. The third kappa shape index (κ3) is 3.94. The van der Waals surface area contributed by atoms with E-state index < -0.39 is 6.10 Å². The van der Waals surface area contributed by atoms with Gasteiger partial charge in [0.1, 0.15) is 11.9 Å². The van der Waals surface area contributed by atoms with Crippen molar-refractivity contribution >= 4 is 22.7 Å². The van der Waals surface area contributed by atoms with Gasteiger partial charge in [0.15, 0.2) is 6.79 Å². The molecule has 7 heteroatoms. The summed E-state index contributed by atoms with van der Waals surface area (Å²) < 4.78 is 10.6. The maximum absolute atomic E-state index is 10.0. The summed E-state index contributed by atoms with van der Waals surface area (Å²) in [6.07, 6.45) is -0.868. The quantitative estimate of drug-likeness (QED) is 0.305. The Kier molecular flexibility index (Phi) is 4.92. The van der Waals surface area contributed by atoms with E-state index >= 15 is 0 Å². The molecule has 2 aromatic carbocycles. The average molecular weight is 304 g/mol. The van der Waals surface area contributed by atoms with Crippen molar-refractivity contribution in [2.45, 2.75) is 6.10 Å². The summed E-state index contributed by atoms with van der Waals surface area (Å²) in [5, 5.41) is 10.0. The van der Waals surface area contributed by atoms with Gasteiger partial charge < -0.3 is 37.5 Å². The largest absolute Gasteiger partial charge is 0.465 e. The van der Waals surface area contributed by atoms with Crippen molar-refractivity contribution in [1.29, 1.82) is 0 Å². The second-order valence-corrected chi connectivity index (χ2v) is 4.83. The van der Waals surface area contributed by atoms with Crippen LogP contribution in [0.4, 0.5) is 22.7 Å². The molecule has 0 amide bonds. The molecular weight excluding hydrogens is 284 g/mol. The Balaban J connectivity index is 1.83. The first kappa shape index (κ1) is 15.7. The van der Waals surface area contributed by atoms with Gasteiger partial charge in [-0.3, -0.25) is 0 Å². The summed E-state index contributed by atoms with van der Waals surface area (Å²) >= 11 is 0. The molecule has 0 saturated heterocycles. The molecule has 1 atom stereocenters. The molecule has 0 bridgehead atoms. The summed E-state index contributed by atoms with van der Waals surface area (Å²) in [6.45, 7) is -0.0248. The SMILES string of the molecule is Nc1ccc(OCOCC(O)c2ccc(N)cc2N)c(N)c1. The van der Waals surface area contributed by atoms with Gasteiger partial charge in [-0.05, 0) is 30.3 Å². The first-order valence-corrected chi connectivity index (χ1v) is 6.66. The minimum absolute atomic E-state index is 0.0307. The van der Waals surface area contributed by atoms with Gasteiger partial charge in [-0.25, -0.2) is 0 Å². The van der Waals surface area contributed by atoms with Crippen molar-refractivity contribution in [3.05, 3.63) is 42.0 Å². The van der Waals surface area contributed by atoms with Crippen LogP contribution < -0.4 is 27.7 Å². The summed E-state index contributed by atoms with van der Waals surface area (Å²) in [5.74, 6) is 0.468. The number of anilines is 4. The number of nitrogens with two attached hydrogens (primary N) is 4. The Morgan fingerprint density at radius 2 is 1.55 bits per heavy atom. The van der Waals surface area contributed by atoms with E-state index in [2.05, 4.69) is 0 Å². The molecule has 9 N–H and O–H groups in total. The van der Waals surface area contributed by atoms with Crippen LogP contribution in [-0.4, -0.2) is 18.5 Å². The Bertz CT molecular complexity index is 649. The molecule has 0 aliphatic carbocycles. The minimum Gasteiger partial charge on any atom is -0.465 e. The third-order valence-electron chi connectivity index (χ3n) is 3.08. The number of nitrogen functional groups attached to an aromatic ring is 4. The van der Waals surface area contributed by atoms with E-state index in [1.165, 1.54) is 0 Å². The number of hydrogen-bond acceptors (Lipinski definition) is 7. The number of ether oxygens (including phenoxy) is 2. The zero-order valence-corrected chi connectivity index (χ0v) is 12.0. The highest BCUT2D eigenvalue weighted by Crippen LogP contribution is 2.25. The van der Waals surface area contributed by atoms with Crippen LogP contribution in [0.1, 0.15) is 11.7 Å². The lowest BCUT2D eigenvalue weighted by Crippen LogP contribution is -2.13. The number of rotatable bonds is 6. The molecular formula is C15H20N4O3. The second kappa shape index (κ2) is 6.88. The lowest BCUT2D eigenvalue weighted by molar-refractivity contribution is -0.0297. The predicted octanol–water partition coefficient (Wildman–Crippen LogP) is 1.10. The van der Waals surface area contributed by atoms with Gasteiger partial charge >= 0.3 is 0 Å². The van der Waals surface area contributed by atoms with Crippen LogP contribution in [0.25, 0.3) is 0 Å². The van der Waals surface area contributed by atoms with Gasteiger partial charge in [0, 0.05) is 22.6 Å². The topological polar surface area (TPSA) is 143 Å². The average Bonchev–Trinajstić information content (AvgIpc) is 2.45. The number of benzene rings is 2. The fourth-order valence-electron chi connectivity index (χ4n) is 1.95. The van der Waals surface area contributed by atoms with Crippen LogP contribution in [-0.2, 0) is 4.74 Å². The smallest absolute Gasteiger partial charge is 0.189 e. The molecule has 1 unspecified atom stereocenters. The molecule has 0 fully saturated rings. The van der Waals surface area contributed by atoms with E-state index in [9.17, 15) is 5.11 Å². The van der Waals surface area contributed by atoms with Crippen LogP contribution in [0.3, 0.4) is 0 Å². The van der Waals surface area contributed by atoms with Crippen LogP contribution in [0.5, 0.6) is 5.75 Å². The third-order valence-corrected chi connectivity index (χ3v) is 3.08. The first-order valence-electron chi connectivity index (χ1n) is 6.66. The highest BCUT2D eigenvalue weighted by atomic mass is 16.7. The highest BCUT2D eigenvalue weighted by molar-refractivity contribution is 5.60. The summed E-state index contributed by atoms with van der Waals surface area (Å²) in [7, 11) is 0. The van der Waals surface area contributed by atoms with Crippen molar-refractivity contribution in [2.24, 2.45) is 0 Å². The molecule has 0 spiro atoms. The molecule has 0 saturated carbocycles. The zero-order chi connectivity index (χ0) is 16.1. The van der Waals surface area contributed by atoms with E-state index in [1.54, 1.807) is 36.4 Å². The summed E-state index contributed by atoms with van der Waals surface area (Å²) in [5.41, 5.74) is 25.2. The predicted molar refractivity (Wildman–Crippen MR) is 86.9 cm³/mol. The van der Waals surface area contributed by atoms with Gasteiger partial charge in [-0.2, -0.15) is 0 Å². The molecule has 118 valence electrons. The lowest BCUT2D eigenvalue weighted by Gasteiger charge is -2.15. The van der Waals surface area contributed by atoms with E-state index in [4.69, 9.17) is 32.4 Å². The number of hydrogen-bond donors (Lipinski definition) is 5. The number of aliphatic hydroxyl groups excluding tert-OH is 1. The van der Waals surface area contributed by atoms with Gasteiger partial charge in [0.25, 0.3) is 0 Å². The van der Waals surface area contributed by atoms with E-state index in [0.29, 0.717) is 34.1 Å². The minimum atomic E-state index is -0.868. The van der Waals surface area contributed by atoms with Crippen molar-refractivity contribution < 1.29 is 14.6 Å². The first-order chi connectivity index (χ1) is 10.5. The standard InChI is InChI=1S/C15H20N4O3/c16-9-1-3-11(12(18)5-9)14(20)7-21-8-22-15-4-2-10(17)6-13(15)19/h1-6,14,20H,7-8,16-19H2. The fourth-order valence-corrected chi connectivity index (χ4v) is 1.95. The van der Waals surface area contributed by atoms with Gasteiger partial charge in [-0.1, -0.05) is 6.07 Å². The summed E-state index contributed by atoms with van der Waals surface area (Å²) in [6, 6.07) is 9.85. The molecule has 0 aliphatic rings.